The zero-order valence-electron chi connectivity index (χ0n) is 19.7. The van der Waals surface area contributed by atoms with Crippen molar-refractivity contribution in [2.75, 3.05) is 13.7 Å². The fourth-order valence-corrected chi connectivity index (χ4v) is 6.77. The van der Waals surface area contributed by atoms with E-state index in [0.29, 0.717) is 22.5 Å². The van der Waals surface area contributed by atoms with E-state index >= 15 is 0 Å². The summed E-state index contributed by atoms with van der Waals surface area (Å²) in [4.78, 5) is 19.4. The molecule has 0 saturated heterocycles. The molecule has 0 aliphatic rings. The summed E-state index contributed by atoms with van der Waals surface area (Å²) in [5.74, 6) is -0.392. The van der Waals surface area contributed by atoms with Crippen LogP contribution in [0.1, 0.15) is 16.8 Å². The molecular weight excluding hydrogens is 506 g/mol. The zero-order chi connectivity index (χ0) is 26.0. The molecule has 0 saturated carbocycles. The van der Waals surface area contributed by atoms with Crippen molar-refractivity contribution in [3.63, 3.8) is 0 Å². The molecule has 0 bridgehead atoms. The Bertz CT molecular complexity index is 1530. The van der Waals surface area contributed by atoms with Crippen molar-refractivity contribution >= 4 is 38.2 Å². The van der Waals surface area contributed by atoms with Gasteiger partial charge in [0, 0.05) is 28.5 Å². The second-order valence-corrected chi connectivity index (χ2v) is 11.0. The van der Waals surface area contributed by atoms with Gasteiger partial charge in [0.2, 0.25) is 0 Å². The first-order chi connectivity index (χ1) is 17.1. The van der Waals surface area contributed by atoms with Crippen LogP contribution in [0.2, 0.25) is 0 Å². The molecule has 10 nitrogen and oxygen atoms in total. The molecule has 12 heteroatoms. The van der Waals surface area contributed by atoms with Gasteiger partial charge in [-0.2, -0.15) is 8.96 Å². The fourth-order valence-electron chi connectivity index (χ4n) is 3.72. The lowest BCUT2D eigenvalue weighted by Gasteiger charge is -2.15. The Morgan fingerprint density at radius 2 is 1.83 bits per heavy atom. The van der Waals surface area contributed by atoms with Gasteiger partial charge in [-0.3, -0.25) is 4.98 Å². The second kappa shape index (κ2) is 10.2. The number of hydrogen-bond donors (Lipinski definition) is 1. The Balaban J connectivity index is 1.76. The van der Waals surface area contributed by atoms with Crippen LogP contribution < -0.4 is 9.47 Å². The fraction of sp³-hybridized carbons (Fsp3) is 0.208. The molecule has 2 aromatic heterocycles. The third-order valence-electron chi connectivity index (χ3n) is 5.44. The number of carboxylic acids is 1. The van der Waals surface area contributed by atoms with Crippen LogP contribution >= 0.6 is 0 Å². The van der Waals surface area contributed by atoms with Crippen LogP contribution in [0, 0.1) is 13.8 Å². The largest absolute Gasteiger partial charge is 0.609 e. The number of benzene rings is 2. The minimum absolute atomic E-state index is 0.0662. The molecule has 188 valence electrons. The summed E-state index contributed by atoms with van der Waals surface area (Å²) in [6.07, 6.45) is 1.62. The molecule has 0 aliphatic carbocycles. The van der Waals surface area contributed by atoms with Crippen LogP contribution in [-0.2, 0) is 31.7 Å². The molecule has 0 radical (unpaired) electrons. The summed E-state index contributed by atoms with van der Waals surface area (Å²) in [5.41, 5.74) is 2.70. The topological polar surface area (TPSA) is 144 Å². The van der Waals surface area contributed by atoms with Gasteiger partial charge < -0.3 is 19.1 Å². The molecule has 36 heavy (non-hydrogen) atoms. The minimum atomic E-state index is -4.22. The quantitative estimate of drug-likeness (QED) is 0.323. The summed E-state index contributed by atoms with van der Waals surface area (Å²) < 4.78 is 52.4. The van der Waals surface area contributed by atoms with Crippen LogP contribution in [0.5, 0.6) is 11.5 Å². The van der Waals surface area contributed by atoms with E-state index in [0.717, 1.165) is 9.54 Å². The van der Waals surface area contributed by atoms with E-state index in [1.807, 2.05) is 6.92 Å². The average molecular weight is 530 g/mol. The molecule has 0 fully saturated rings. The maximum Gasteiger partial charge on any atom is 0.341 e. The molecule has 2 aromatic carbocycles. The number of imidazole rings is 1. The Morgan fingerprint density at radius 1 is 1.14 bits per heavy atom. The van der Waals surface area contributed by atoms with Gasteiger partial charge >= 0.3 is 11.1 Å². The number of methoxy groups -OCH3 is 1. The van der Waals surface area contributed by atoms with Gasteiger partial charge in [0.15, 0.2) is 12.4 Å². The number of aromatic nitrogens is 3. The van der Waals surface area contributed by atoms with Crippen molar-refractivity contribution in [3.05, 3.63) is 71.5 Å². The zero-order valence-corrected chi connectivity index (χ0v) is 21.3. The van der Waals surface area contributed by atoms with E-state index in [2.05, 4.69) is 9.97 Å². The van der Waals surface area contributed by atoms with Crippen molar-refractivity contribution in [2.24, 2.45) is 0 Å². The Labute approximate surface area is 210 Å². The van der Waals surface area contributed by atoms with Crippen molar-refractivity contribution in [2.45, 2.75) is 29.7 Å². The first-order valence-corrected chi connectivity index (χ1v) is 13.4. The van der Waals surface area contributed by atoms with Gasteiger partial charge in [0.05, 0.1) is 28.7 Å². The number of nitrogens with zero attached hydrogens (tertiary/aromatic N) is 3. The molecule has 1 unspecified atom stereocenters. The third kappa shape index (κ3) is 4.87. The highest BCUT2D eigenvalue weighted by molar-refractivity contribution is 7.93. The van der Waals surface area contributed by atoms with Crippen LogP contribution in [0.4, 0.5) is 0 Å². The molecule has 1 N–H and O–H groups in total. The van der Waals surface area contributed by atoms with Crippen LogP contribution in [0.15, 0.2) is 64.8 Å². The second-order valence-electron chi connectivity index (χ2n) is 7.84. The number of ether oxygens (including phenoxy) is 2. The molecule has 4 rings (SSSR count). The Kier molecular flexibility index (Phi) is 7.20. The summed E-state index contributed by atoms with van der Waals surface area (Å²) in [6.45, 7) is 3.10. The minimum Gasteiger partial charge on any atom is -0.609 e. The first-order valence-electron chi connectivity index (χ1n) is 10.7. The molecule has 4 aromatic rings. The molecule has 2 heterocycles. The van der Waals surface area contributed by atoms with Gasteiger partial charge in [-0.25, -0.2) is 13.2 Å². The highest BCUT2D eigenvalue weighted by Crippen LogP contribution is 2.30. The lowest BCUT2D eigenvalue weighted by molar-refractivity contribution is -0.139. The number of aryl methyl sites for hydroxylation is 1. The number of rotatable bonds is 9. The molecule has 0 aliphatic heterocycles. The van der Waals surface area contributed by atoms with Gasteiger partial charge in [-0.15, -0.1) is 0 Å². The van der Waals surface area contributed by atoms with Gasteiger partial charge in [-0.05, 0) is 50.2 Å². The van der Waals surface area contributed by atoms with E-state index < -0.39 is 33.8 Å². The van der Waals surface area contributed by atoms with Crippen LogP contribution in [0.3, 0.4) is 0 Å². The monoisotopic (exact) mass is 529 g/mol. The van der Waals surface area contributed by atoms with Crippen LogP contribution in [0.25, 0.3) is 11.0 Å². The van der Waals surface area contributed by atoms with Crippen molar-refractivity contribution in [1.82, 2.24) is 13.9 Å². The third-order valence-corrected chi connectivity index (χ3v) is 8.49. The standard InChI is InChI=1S/C24H23N3O7S2/c1-15-12-25-20(16(2)23(15)33-3)14-35(30)24-26-19-6-4-5-7-21(19)27(24)36(31,32)18-10-8-17(9-11-18)34-13-22(28)29/h4-12H,13-14H2,1-3H3,(H,28,29). The maximum atomic E-state index is 13.7. The van der Waals surface area contributed by atoms with Gasteiger partial charge in [-0.1, -0.05) is 12.1 Å². The predicted molar refractivity (Wildman–Crippen MR) is 132 cm³/mol. The first kappa shape index (κ1) is 25.5. The maximum absolute atomic E-state index is 13.7. The SMILES string of the molecule is COc1c(C)cnc(C[S+]([O-])c2nc3ccccc3n2S(=O)(=O)c2ccc(OCC(=O)O)cc2)c1C. The highest BCUT2D eigenvalue weighted by atomic mass is 32.2. The summed E-state index contributed by atoms with van der Waals surface area (Å²) in [5, 5.41) is 8.62. The Hall–Kier alpha value is -3.61. The van der Waals surface area contributed by atoms with E-state index in [4.69, 9.17) is 14.6 Å². The lowest BCUT2D eigenvalue weighted by Crippen LogP contribution is -2.21. The number of aliphatic carboxylic acids is 1. The van der Waals surface area contributed by atoms with E-state index in [9.17, 15) is 17.8 Å². The van der Waals surface area contributed by atoms with E-state index in [1.54, 1.807) is 44.5 Å². The number of para-hydroxylation sites is 2. The summed E-state index contributed by atoms with van der Waals surface area (Å²) >= 11 is -1.87. The lowest BCUT2D eigenvalue weighted by atomic mass is 10.1. The predicted octanol–water partition coefficient (Wildman–Crippen LogP) is 3.06. The summed E-state index contributed by atoms with van der Waals surface area (Å²) in [6, 6.07) is 11.9. The number of carboxylic acid groups (broad SMARTS) is 1. The van der Waals surface area contributed by atoms with Gasteiger partial charge in [0.25, 0.3) is 10.0 Å². The smallest absolute Gasteiger partial charge is 0.341 e. The number of fused-ring (bicyclic) bond motifs is 1. The van der Waals surface area contributed by atoms with Crippen molar-refractivity contribution < 1.29 is 32.3 Å². The van der Waals surface area contributed by atoms with E-state index in [-0.39, 0.29) is 27.1 Å². The highest BCUT2D eigenvalue weighted by Gasteiger charge is 2.32. The van der Waals surface area contributed by atoms with Crippen molar-refractivity contribution in [3.8, 4) is 11.5 Å². The molecule has 0 amide bonds. The molecule has 0 spiro atoms. The summed E-state index contributed by atoms with van der Waals surface area (Å²) in [7, 11) is -2.68. The molecule has 1 atom stereocenters. The number of pyridine rings is 1. The molecular formula is C24H23N3O7S2. The van der Waals surface area contributed by atoms with Crippen LogP contribution in [-0.4, -0.2) is 51.7 Å². The average Bonchev–Trinajstić information content (AvgIpc) is 3.26. The Morgan fingerprint density at radius 3 is 2.50 bits per heavy atom. The number of hydrogen-bond acceptors (Lipinski definition) is 8. The normalized spacial score (nSPS) is 12.4. The van der Waals surface area contributed by atoms with Gasteiger partial charge in [0.1, 0.15) is 11.5 Å². The van der Waals surface area contributed by atoms with Crippen molar-refractivity contribution in [1.29, 1.82) is 0 Å². The van der Waals surface area contributed by atoms with E-state index in [1.165, 1.54) is 24.3 Å². The number of carbonyl (C=O) groups is 1.